The van der Waals surface area contributed by atoms with Crippen LogP contribution in [-0.2, 0) is 19.4 Å². The first kappa shape index (κ1) is 21.6. The first-order valence-corrected chi connectivity index (χ1v) is 9.24. The van der Waals surface area contributed by atoms with E-state index in [0.29, 0.717) is 0 Å². The molecule has 0 unspecified atom stereocenters. The lowest BCUT2D eigenvalue weighted by Crippen LogP contribution is -2.13. The molecule has 2 rings (SSSR count). The summed E-state index contributed by atoms with van der Waals surface area (Å²) in [6.07, 6.45) is 0. The van der Waals surface area contributed by atoms with E-state index in [1.807, 2.05) is 0 Å². The number of carbonyl (C=O) groups excluding carboxylic acids is 2. The standard InChI is InChI=1S/C18H14O10S/c1-9(19)28-15-8-11(4-6-13(15)17(22)23)29(25,26)10-3-5-12(16(20)21)14(7-10)18(24)27-2/h3-8H,1-2H3,(H,20,21)(H,22,23). The van der Waals surface area contributed by atoms with Crippen LogP contribution in [0.15, 0.2) is 46.2 Å². The summed E-state index contributed by atoms with van der Waals surface area (Å²) < 4.78 is 35.1. The highest BCUT2D eigenvalue weighted by Crippen LogP contribution is 2.29. The molecule has 0 bridgehead atoms. The molecule has 2 aromatic carbocycles. The van der Waals surface area contributed by atoms with E-state index < -0.39 is 65.9 Å². The molecule has 2 aromatic rings. The second-order valence-corrected chi connectivity index (χ2v) is 7.51. The highest BCUT2D eigenvalue weighted by Gasteiger charge is 2.26. The van der Waals surface area contributed by atoms with Crippen LogP contribution < -0.4 is 4.74 Å². The molecule has 0 atom stereocenters. The Labute approximate surface area is 164 Å². The van der Waals surface area contributed by atoms with Crippen LogP contribution >= 0.6 is 0 Å². The maximum absolute atomic E-state index is 12.9. The van der Waals surface area contributed by atoms with Gasteiger partial charge < -0.3 is 19.7 Å². The quantitative estimate of drug-likeness (QED) is 0.517. The van der Waals surface area contributed by atoms with Gasteiger partial charge in [-0.05, 0) is 30.3 Å². The van der Waals surface area contributed by atoms with Gasteiger partial charge in [-0.3, -0.25) is 4.79 Å². The average molecular weight is 422 g/mol. The Morgan fingerprint density at radius 2 is 1.34 bits per heavy atom. The summed E-state index contributed by atoms with van der Waals surface area (Å²) in [4.78, 5) is 44.7. The number of ether oxygens (including phenoxy) is 2. The smallest absolute Gasteiger partial charge is 0.339 e. The van der Waals surface area contributed by atoms with Crippen LogP contribution in [0.2, 0.25) is 0 Å². The molecule has 0 heterocycles. The fraction of sp³-hybridized carbons (Fsp3) is 0.111. The molecule has 0 saturated heterocycles. The van der Waals surface area contributed by atoms with Crippen molar-refractivity contribution in [1.82, 2.24) is 0 Å². The van der Waals surface area contributed by atoms with Gasteiger partial charge in [0.25, 0.3) is 0 Å². The molecule has 0 aliphatic rings. The van der Waals surface area contributed by atoms with Crippen molar-refractivity contribution in [3.63, 3.8) is 0 Å². The normalized spacial score (nSPS) is 10.8. The summed E-state index contributed by atoms with van der Waals surface area (Å²) in [7, 11) is -3.33. The highest BCUT2D eigenvalue weighted by molar-refractivity contribution is 7.91. The zero-order chi connectivity index (χ0) is 21.9. The number of carboxylic acid groups (broad SMARTS) is 2. The minimum atomic E-state index is -4.33. The number of hydrogen-bond acceptors (Lipinski definition) is 8. The molecule has 0 aliphatic heterocycles. The predicted molar refractivity (Wildman–Crippen MR) is 94.9 cm³/mol. The number of sulfone groups is 1. The zero-order valence-electron chi connectivity index (χ0n) is 15.0. The van der Waals surface area contributed by atoms with Crippen molar-refractivity contribution in [2.75, 3.05) is 7.11 Å². The third kappa shape index (κ3) is 4.41. The van der Waals surface area contributed by atoms with Gasteiger partial charge >= 0.3 is 23.9 Å². The molecule has 11 heteroatoms. The third-order valence-electron chi connectivity index (χ3n) is 3.68. The Bertz CT molecular complexity index is 1130. The van der Waals surface area contributed by atoms with Crippen LogP contribution in [0.5, 0.6) is 5.75 Å². The van der Waals surface area contributed by atoms with Crippen LogP contribution in [0.3, 0.4) is 0 Å². The number of carboxylic acids is 2. The summed E-state index contributed by atoms with van der Waals surface area (Å²) in [5.41, 5.74) is -1.38. The Hall–Kier alpha value is -3.73. The lowest BCUT2D eigenvalue weighted by molar-refractivity contribution is -0.131. The van der Waals surface area contributed by atoms with Gasteiger partial charge in [-0.15, -0.1) is 0 Å². The van der Waals surface area contributed by atoms with Crippen LogP contribution in [0.1, 0.15) is 38.0 Å². The van der Waals surface area contributed by atoms with Crippen molar-refractivity contribution in [2.24, 2.45) is 0 Å². The Morgan fingerprint density at radius 3 is 1.83 bits per heavy atom. The summed E-state index contributed by atoms with van der Waals surface area (Å²) in [5, 5.41) is 18.3. The van der Waals surface area contributed by atoms with Gasteiger partial charge in [-0.2, -0.15) is 0 Å². The largest absolute Gasteiger partial charge is 0.478 e. The topological polar surface area (TPSA) is 161 Å². The fourth-order valence-electron chi connectivity index (χ4n) is 2.38. The summed E-state index contributed by atoms with van der Waals surface area (Å²) >= 11 is 0. The first-order valence-electron chi connectivity index (χ1n) is 7.75. The maximum Gasteiger partial charge on any atom is 0.339 e. The van der Waals surface area contributed by atoms with Gasteiger partial charge in [0.1, 0.15) is 11.3 Å². The van der Waals surface area contributed by atoms with Crippen molar-refractivity contribution >= 4 is 33.7 Å². The van der Waals surface area contributed by atoms with Crippen LogP contribution in [-0.4, -0.2) is 49.6 Å². The lowest BCUT2D eigenvalue weighted by Gasteiger charge is -2.11. The van der Waals surface area contributed by atoms with Crippen molar-refractivity contribution in [1.29, 1.82) is 0 Å². The van der Waals surface area contributed by atoms with Crippen molar-refractivity contribution < 1.29 is 47.3 Å². The molecule has 10 nitrogen and oxygen atoms in total. The van der Waals surface area contributed by atoms with Gasteiger partial charge in [0.05, 0.1) is 28.0 Å². The lowest BCUT2D eigenvalue weighted by atomic mass is 10.1. The van der Waals surface area contributed by atoms with E-state index in [9.17, 15) is 27.6 Å². The molecule has 0 radical (unpaired) electrons. The van der Waals surface area contributed by atoms with E-state index in [-0.39, 0.29) is 0 Å². The van der Waals surface area contributed by atoms with E-state index in [4.69, 9.17) is 14.9 Å². The molecule has 29 heavy (non-hydrogen) atoms. The monoisotopic (exact) mass is 422 g/mol. The van der Waals surface area contributed by atoms with E-state index in [2.05, 4.69) is 4.74 Å². The molecule has 0 aliphatic carbocycles. The SMILES string of the molecule is COC(=O)c1cc(S(=O)(=O)c2ccc(C(=O)O)c(OC(C)=O)c2)ccc1C(=O)O. The molecular weight excluding hydrogens is 408 g/mol. The van der Waals surface area contributed by atoms with Crippen LogP contribution in [0.25, 0.3) is 0 Å². The molecule has 0 amide bonds. The summed E-state index contributed by atoms with van der Waals surface area (Å²) in [5.74, 6) is -5.30. The Kier molecular flexibility index (Phi) is 6.03. The van der Waals surface area contributed by atoms with E-state index >= 15 is 0 Å². The number of rotatable bonds is 6. The first-order chi connectivity index (χ1) is 13.5. The minimum absolute atomic E-state index is 0.433. The molecule has 152 valence electrons. The van der Waals surface area contributed by atoms with E-state index in [1.165, 1.54) is 0 Å². The van der Waals surface area contributed by atoms with Gasteiger partial charge in [0, 0.05) is 13.0 Å². The molecule has 0 fully saturated rings. The summed E-state index contributed by atoms with van der Waals surface area (Å²) in [6, 6.07) is 5.52. The number of aromatic carboxylic acids is 2. The van der Waals surface area contributed by atoms with E-state index in [0.717, 1.165) is 50.4 Å². The summed E-state index contributed by atoms with van der Waals surface area (Å²) in [6.45, 7) is 1.01. The van der Waals surface area contributed by atoms with Crippen molar-refractivity contribution in [3.8, 4) is 5.75 Å². The number of carbonyl (C=O) groups is 4. The average Bonchev–Trinajstić information content (AvgIpc) is 2.65. The molecule has 0 spiro atoms. The van der Waals surface area contributed by atoms with Crippen LogP contribution in [0.4, 0.5) is 0 Å². The van der Waals surface area contributed by atoms with Crippen molar-refractivity contribution in [2.45, 2.75) is 16.7 Å². The Morgan fingerprint density at radius 1 is 0.828 bits per heavy atom. The third-order valence-corrected chi connectivity index (χ3v) is 5.43. The highest BCUT2D eigenvalue weighted by atomic mass is 32.2. The van der Waals surface area contributed by atoms with Gasteiger partial charge in [0.15, 0.2) is 0 Å². The number of hydrogen-bond donors (Lipinski definition) is 2. The molecule has 0 saturated carbocycles. The van der Waals surface area contributed by atoms with Gasteiger partial charge in [-0.25, -0.2) is 22.8 Å². The number of methoxy groups -OCH3 is 1. The minimum Gasteiger partial charge on any atom is -0.478 e. The van der Waals surface area contributed by atoms with Crippen molar-refractivity contribution in [3.05, 3.63) is 53.1 Å². The predicted octanol–water partition coefficient (Wildman–Crippen LogP) is 1.63. The fourth-order valence-corrected chi connectivity index (χ4v) is 3.68. The second-order valence-electron chi connectivity index (χ2n) is 5.56. The number of esters is 2. The number of benzene rings is 2. The van der Waals surface area contributed by atoms with Gasteiger partial charge in [0.2, 0.25) is 9.84 Å². The van der Waals surface area contributed by atoms with Crippen LogP contribution in [0, 0.1) is 0 Å². The second kappa shape index (κ2) is 8.10. The van der Waals surface area contributed by atoms with Gasteiger partial charge in [-0.1, -0.05) is 0 Å². The molecule has 0 aromatic heterocycles. The molecular formula is C18H14O10S. The maximum atomic E-state index is 12.9. The zero-order valence-corrected chi connectivity index (χ0v) is 15.8. The van der Waals surface area contributed by atoms with E-state index in [1.54, 1.807) is 0 Å². The molecule has 2 N–H and O–H groups in total. The Balaban J connectivity index is 2.66.